The van der Waals surface area contributed by atoms with Crippen LogP contribution in [0.25, 0.3) is 0 Å². The first kappa shape index (κ1) is 17.3. The van der Waals surface area contributed by atoms with E-state index in [-0.39, 0.29) is 5.91 Å². The lowest BCUT2D eigenvalue weighted by atomic mass is 10.1. The van der Waals surface area contributed by atoms with E-state index in [1.54, 1.807) is 32.4 Å². The lowest BCUT2D eigenvalue weighted by Crippen LogP contribution is -2.48. The Morgan fingerprint density at radius 3 is 2.08 bits per heavy atom. The van der Waals surface area contributed by atoms with E-state index in [4.69, 9.17) is 9.47 Å². The van der Waals surface area contributed by atoms with Gasteiger partial charge in [0.15, 0.2) is 0 Å². The molecule has 0 radical (unpaired) electrons. The number of piperazine rings is 1. The predicted octanol–water partition coefficient (Wildman–Crippen LogP) is 2.66. The van der Waals surface area contributed by atoms with Gasteiger partial charge in [-0.3, -0.25) is 9.69 Å². The number of amides is 1. The van der Waals surface area contributed by atoms with E-state index in [1.807, 2.05) is 11.0 Å². The zero-order valence-corrected chi connectivity index (χ0v) is 14.8. The first-order valence-corrected chi connectivity index (χ1v) is 8.48. The number of ether oxygens (including phenoxy) is 2. The minimum Gasteiger partial charge on any atom is -0.497 e. The van der Waals surface area contributed by atoms with E-state index in [0.29, 0.717) is 17.1 Å². The van der Waals surface area contributed by atoms with Crippen molar-refractivity contribution in [1.82, 2.24) is 9.80 Å². The van der Waals surface area contributed by atoms with Gasteiger partial charge < -0.3 is 14.4 Å². The van der Waals surface area contributed by atoms with Crippen LogP contribution in [0.5, 0.6) is 11.5 Å². The Morgan fingerprint density at radius 1 is 0.920 bits per heavy atom. The van der Waals surface area contributed by atoms with Gasteiger partial charge in [-0.15, -0.1) is 0 Å². The summed E-state index contributed by atoms with van der Waals surface area (Å²) >= 11 is 0. The summed E-state index contributed by atoms with van der Waals surface area (Å²) in [7, 11) is 3.18. The van der Waals surface area contributed by atoms with E-state index in [2.05, 4.69) is 29.2 Å². The van der Waals surface area contributed by atoms with Gasteiger partial charge in [0.25, 0.3) is 5.91 Å². The highest BCUT2D eigenvalue weighted by Crippen LogP contribution is 2.24. The van der Waals surface area contributed by atoms with Crippen molar-refractivity contribution in [3.8, 4) is 11.5 Å². The van der Waals surface area contributed by atoms with Gasteiger partial charge in [0, 0.05) is 44.4 Å². The van der Waals surface area contributed by atoms with Crippen LogP contribution in [0.15, 0.2) is 48.5 Å². The maximum absolute atomic E-state index is 12.8. The molecule has 0 unspecified atom stereocenters. The lowest BCUT2D eigenvalue weighted by Gasteiger charge is -2.34. The van der Waals surface area contributed by atoms with E-state index in [9.17, 15) is 4.79 Å². The van der Waals surface area contributed by atoms with Crippen LogP contribution in [0.2, 0.25) is 0 Å². The molecule has 1 heterocycles. The predicted molar refractivity (Wildman–Crippen MR) is 97.2 cm³/mol. The second kappa shape index (κ2) is 8.03. The minimum atomic E-state index is 0.0246. The summed E-state index contributed by atoms with van der Waals surface area (Å²) in [6.07, 6.45) is 0. The molecular weight excluding hydrogens is 316 g/mol. The third-order valence-corrected chi connectivity index (χ3v) is 4.51. The molecule has 1 aliphatic heterocycles. The molecule has 2 aromatic carbocycles. The van der Waals surface area contributed by atoms with E-state index in [1.165, 1.54) is 5.56 Å². The molecule has 0 saturated carbocycles. The quantitative estimate of drug-likeness (QED) is 0.839. The first-order valence-electron chi connectivity index (χ1n) is 8.48. The molecule has 1 fully saturated rings. The van der Waals surface area contributed by atoms with Crippen molar-refractivity contribution >= 4 is 5.91 Å². The topological polar surface area (TPSA) is 42.0 Å². The lowest BCUT2D eigenvalue weighted by molar-refractivity contribution is 0.0628. The Balaban J connectivity index is 1.62. The van der Waals surface area contributed by atoms with E-state index in [0.717, 1.165) is 32.7 Å². The average molecular weight is 340 g/mol. The van der Waals surface area contributed by atoms with Crippen molar-refractivity contribution in [3.05, 3.63) is 59.7 Å². The monoisotopic (exact) mass is 340 g/mol. The molecule has 3 rings (SSSR count). The smallest absolute Gasteiger partial charge is 0.254 e. The van der Waals surface area contributed by atoms with Crippen LogP contribution in [-0.4, -0.2) is 56.1 Å². The van der Waals surface area contributed by atoms with Crippen molar-refractivity contribution in [1.29, 1.82) is 0 Å². The molecule has 2 aromatic rings. The largest absolute Gasteiger partial charge is 0.497 e. The summed E-state index contributed by atoms with van der Waals surface area (Å²) in [4.78, 5) is 17.1. The molecular formula is C20H24N2O3. The Hall–Kier alpha value is -2.53. The SMILES string of the molecule is COc1cc(OC)cc(C(=O)N2CCN(Cc3ccccc3)CC2)c1. The molecule has 5 heteroatoms. The maximum Gasteiger partial charge on any atom is 0.254 e. The standard InChI is InChI=1S/C20H24N2O3/c1-24-18-12-17(13-19(14-18)25-2)20(23)22-10-8-21(9-11-22)15-16-6-4-3-5-7-16/h3-7,12-14H,8-11,15H2,1-2H3. The molecule has 132 valence electrons. The average Bonchev–Trinajstić information content (AvgIpc) is 2.68. The third-order valence-electron chi connectivity index (χ3n) is 4.51. The van der Waals surface area contributed by atoms with Gasteiger partial charge in [-0.1, -0.05) is 30.3 Å². The normalized spacial score (nSPS) is 15.0. The van der Waals surface area contributed by atoms with Crippen molar-refractivity contribution in [2.24, 2.45) is 0 Å². The van der Waals surface area contributed by atoms with Crippen molar-refractivity contribution < 1.29 is 14.3 Å². The van der Waals surface area contributed by atoms with Gasteiger partial charge in [0.1, 0.15) is 11.5 Å². The van der Waals surface area contributed by atoms with Crippen molar-refractivity contribution in [2.75, 3.05) is 40.4 Å². The Morgan fingerprint density at radius 2 is 1.52 bits per heavy atom. The number of hydrogen-bond donors (Lipinski definition) is 0. The summed E-state index contributed by atoms with van der Waals surface area (Å²) < 4.78 is 10.5. The second-order valence-corrected chi connectivity index (χ2v) is 6.16. The zero-order valence-electron chi connectivity index (χ0n) is 14.8. The summed E-state index contributed by atoms with van der Waals surface area (Å²) in [6, 6.07) is 15.7. The fourth-order valence-electron chi connectivity index (χ4n) is 3.06. The highest BCUT2D eigenvalue weighted by molar-refractivity contribution is 5.95. The molecule has 0 N–H and O–H groups in total. The summed E-state index contributed by atoms with van der Waals surface area (Å²) in [5.74, 6) is 1.28. The molecule has 25 heavy (non-hydrogen) atoms. The summed E-state index contributed by atoms with van der Waals surface area (Å²) in [5, 5.41) is 0. The number of benzene rings is 2. The van der Waals surface area contributed by atoms with Crippen LogP contribution >= 0.6 is 0 Å². The highest BCUT2D eigenvalue weighted by atomic mass is 16.5. The Labute approximate surface area is 148 Å². The van der Waals surface area contributed by atoms with Crippen molar-refractivity contribution in [3.63, 3.8) is 0 Å². The number of nitrogens with zero attached hydrogens (tertiary/aromatic N) is 2. The number of carbonyl (C=O) groups is 1. The molecule has 1 saturated heterocycles. The number of rotatable bonds is 5. The van der Waals surface area contributed by atoms with Gasteiger partial charge in [-0.2, -0.15) is 0 Å². The third kappa shape index (κ3) is 4.31. The fourth-order valence-corrected chi connectivity index (χ4v) is 3.06. The van der Waals surface area contributed by atoms with Crippen LogP contribution in [0.1, 0.15) is 15.9 Å². The van der Waals surface area contributed by atoms with E-state index < -0.39 is 0 Å². The molecule has 0 atom stereocenters. The molecule has 0 bridgehead atoms. The molecule has 0 spiro atoms. The molecule has 0 aliphatic carbocycles. The van der Waals surface area contributed by atoms with Gasteiger partial charge in [-0.05, 0) is 17.7 Å². The van der Waals surface area contributed by atoms with Gasteiger partial charge in [0.05, 0.1) is 14.2 Å². The van der Waals surface area contributed by atoms with Crippen LogP contribution in [0, 0.1) is 0 Å². The van der Waals surface area contributed by atoms with Crippen LogP contribution in [0.3, 0.4) is 0 Å². The molecule has 1 aliphatic rings. The number of methoxy groups -OCH3 is 2. The fraction of sp³-hybridized carbons (Fsp3) is 0.350. The summed E-state index contributed by atoms with van der Waals surface area (Å²) in [6.45, 7) is 4.13. The second-order valence-electron chi connectivity index (χ2n) is 6.16. The van der Waals surface area contributed by atoms with Crippen molar-refractivity contribution in [2.45, 2.75) is 6.54 Å². The highest BCUT2D eigenvalue weighted by Gasteiger charge is 2.23. The number of carbonyl (C=O) groups excluding carboxylic acids is 1. The Bertz CT molecular complexity index is 688. The minimum absolute atomic E-state index is 0.0246. The van der Waals surface area contributed by atoms with Crippen LogP contribution in [-0.2, 0) is 6.54 Å². The van der Waals surface area contributed by atoms with Gasteiger partial charge in [-0.25, -0.2) is 0 Å². The zero-order chi connectivity index (χ0) is 17.6. The number of hydrogen-bond acceptors (Lipinski definition) is 4. The van der Waals surface area contributed by atoms with Gasteiger partial charge in [0.2, 0.25) is 0 Å². The van der Waals surface area contributed by atoms with Gasteiger partial charge >= 0.3 is 0 Å². The molecule has 1 amide bonds. The molecule has 5 nitrogen and oxygen atoms in total. The van der Waals surface area contributed by atoms with Crippen LogP contribution in [0.4, 0.5) is 0 Å². The maximum atomic E-state index is 12.8. The Kier molecular flexibility index (Phi) is 5.56. The summed E-state index contributed by atoms with van der Waals surface area (Å²) in [5.41, 5.74) is 1.91. The van der Waals surface area contributed by atoms with E-state index >= 15 is 0 Å². The van der Waals surface area contributed by atoms with Crippen LogP contribution < -0.4 is 9.47 Å². The molecule has 0 aromatic heterocycles. The first-order chi connectivity index (χ1) is 12.2.